The van der Waals surface area contributed by atoms with Crippen molar-refractivity contribution in [3.05, 3.63) is 35.2 Å². The normalized spacial score (nSPS) is 11.1. The lowest BCUT2D eigenvalue weighted by molar-refractivity contribution is 0.192. The molecule has 2 nitrogen and oxygen atoms in total. The van der Waals surface area contributed by atoms with E-state index < -0.39 is 0 Å². The molecule has 0 atom stereocenters. The van der Waals surface area contributed by atoms with E-state index in [4.69, 9.17) is 4.74 Å². The molecular weight excluding hydrogens is 230 g/mol. The van der Waals surface area contributed by atoms with Gasteiger partial charge in [0.25, 0.3) is 0 Å². The first-order chi connectivity index (χ1) is 8.42. The van der Waals surface area contributed by atoms with Crippen molar-refractivity contribution >= 4 is 21.4 Å². The van der Waals surface area contributed by atoms with Gasteiger partial charge in [0.2, 0.25) is 0 Å². The van der Waals surface area contributed by atoms with Gasteiger partial charge in [0.1, 0.15) is 0 Å². The van der Waals surface area contributed by atoms with Crippen LogP contribution in [0.4, 0.5) is 0 Å². The Morgan fingerprint density at radius 2 is 2.12 bits per heavy atom. The van der Waals surface area contributed by atoms with Crippen LogP contribution in [0.15, 0.2) is 29.6 Å². The number of hydrogen-bond donors (Lipinski definition) is 1. The first-order valence-electron chi connectivity index (χ1n) is 6.06. The summed E-state index contributed by atoms with van der Waals surface area (Å²) in [6.07, 6.45) is 2.31. The molecule has 1 aromatic carbocycles. The SMILES string of the molecule is COCCCCNCc1csc2ccccc12. The predicted molar refractivity (Wildman–Crippen MR) is 74.6 cm³/mol. The van der Waals surface area contributed by atoms with Crippen LogP contribution in [0, 0.1) is 0 Å². The van der Waals surface area contributed by atoms with Crippen LogP contribution in [0.3, 0.4) is 0 Å². The average Bonchev–Trinajstić information content (AvgIpc) is 2.77. The number of ether oxygens (including phenoxy) is 1. The Labute approximate surface area is 107 Å². The van der Waals surface area contributed by atoms with Gasteiger partial charge in [0.15, 0.2) is 0 Å². The van der Waals surface area contributed by atoms with Gasteiger partial charge in [-0.3, -0.25) is 0 Å². The van der Waals surface area contributed by atoms with Crippen molar-refractivity contribution < 1.29 is 4.74 Å². The van der Waals surface area contributed by atoms with Gasteiger partial charge in [-0.05, 0) is 41.8 Å². The summed E-state index contributed by atoms with van der Waals surface area (Å²) in [7, 11) is 1.75. The maximum Gasteiger partial charge on any atom is 0.0462 e. The van der Waals surface area contributed by atoms with Gasteiger partial charge >= 0.3 is 0 Å². The molecule has 0 bridgehead atoms. The molecule has 92 valence electrons. The van der Waals surface area contributed by atoms with Crippen LogP contribution >= 0.6 is 11.3 Å². The van der Waals surface area contributed by atoms with Crippen LogP contribution in [0.2, 0.25) is 0 Å². The molecule has 0 amide bonds. The summed E-state index contributed by atoms with van der Waals surface area (Å²) < 4.78 is 6.40. The van der Waals surface area contributed by atoms with E-state index in [9.17, 15) is 0 Å². The van der Waals surface area contributed by atoms with Crippen molar-refractivity contribution in [1.82, 2.24) is 5.32 Å². The Hall–Kier alpha value is -0.900. The number of unbranched alkanes of at least 4 members (excludes halogenated alkanes) is 1. The van der Waals surface area contributed by atoms with E-state index in [-0.39, 0.29) is 0 Å². The minimum Gasteiger partial charge on any atom is -0.385 e. The van der Waals surface area contributed by atoms with E-state index >= 15 is 0 Å². The molecule has 17 heavy (non-hydrogen) atoms. The third kappa shape index (κ3) is 3.53. The van der Waals surface area contributed by atoms with Crippen LogP contribution in [-0.4, -0.2) is 20.3 Å². The van der Waals surface area contributed by atoms with Crippen molar-refractivity contribution in [3.63, 3.8) is 0 Å². The standard InChI is InChI=1S/C14H19NOS/c1-16-9-5-4-8-15-10-12-11-17-14-7-3-2-6-13(12)14/h2-3,6-7,11,15H,4-5,8-10H2,1H3. The summed E-state index contributed by atoms with van der Waals surface area (Å²) in [5.74, 6) is 0. The molecule has 1 heterocycles. The van der Waals surface area contributed by atoms with E-state index in [0.29, 0.717) is 0 Å². The number of fused-ring (bicyclic) bond motifs is 1. The second-order valence-corrected chi connectivity index (χ2v) is 5.05. The van der Waals surface area contributed by atoms with Gasteiger partial charge in [-0.2, -0.15) is 0 Å². The zero-order valence-electron chi connectivity index (χ0n) is 10.2. The maximum absolute atomic E-state index is 5.03. The largest absolute Gasteiger partial charge is 0.385 e. The smallest absolute Gasteiger partial charge is 0.0462 e. The van der Waals surface area contributed by atoms with Gasteiger partial charge in [-0.25, -0.2) is 0 Å². The van der Waals surface area contributed by atoms with E-state index in [1.807, 2.05) is 11.3 Å². The lowest BCUT2D eigenvalue weighted by atomic mass is 10.2. The molecule has 0 radical (unpaired) electrons. The fraction of sp³-hybridized carbons (Fsp3) is 0.429. The highest BCUT2D eigenvalue weighted by atomic mass is 32.1. The quantitative estimate of drug-likeness (QED) is 0.759. The lowest BCUT2D eigenvalue weighted by Gasteiger charge is -2.03. The first kappa shape index (κ1) is 12.6. The van der Waals surface area contributed by atoms with Gasteiger partial charge in [-0.1, -0.05) is 18.2 Å². The molecular formula is C14H19NOS. The van der Waals surface area contributed by atoms with E-state index in [2.05, 4.69) is 35.0 Å². The van der Waals surface area contributed by atoms with Crippen LogP contribution in [0.5, 0.6) is 0 Å². The molecule has 0 spiro atoms. The summed E-state index contributed by atoms with van der Waals surface area (Å²) in [4.78, 5) is 0. The molecule has 0 saturated heterocycles. The summed E-state index contributed by atoms with van der Waals surface area (Å²) in [6.45, 7) is 2.90. The van der Waals surface area contributed by atoms with Gasteiger partial charge in [-0.15, -0.1) is 11.3 Å². The third-order valence-corrected chi connectivity index (χ3v) is 3.84. The zero-order chi connectivity index (χ0) is 11.9. The van der Waals surface area contributed by atoms with Crippen molar-refractivity contribution in [2.24, 2.45) is 0 Å². The fourth-order valence-corrected chi connectivity index (χ4v) is 2.85. The zero-order valence-corrected chi connectivity index (χ0v) is 11.1. The summed E-state index contributed by atoms with van der Waals surface area (Å²) in [5, 5.41) is 7.14. The van der Waals surface area contributed by atoms with Gasteiger partial charge in [0, 0.05) is 25.0 Å². The average molecular weight is 249 g/mol. The number of thiophene rings is 1. The van der Waals surface area contributed by atoms with E-state index in [1.165, 1.54) is 22.1 Å². The molecule has 0 unspecified atom stereocenters. The Bertz CT molecular complexity index is 452. The molecule has 1 N–H and O–H groups in total. The van der Waals surface area contributed by atoms with Crippen LogP contribution in [0.25, 0.3) is 10.1 Å². The summed E-state index contributed by atoms with van der Waals surface area (Å²) in [5.41, 5.74) is 1.41. The van der Waals surface area contributed by atoms with Crippen molar-refractivity contribution in [2.75, 3.05) is 20.3 Å². The highest BCUT2D eigenvalue weighted by Gasteiger charge is 2.01. The summed E-state index contributed by atoms with van der Waals surface area (Å²) in [6, 6.07) is 8.59. The third-order valence-electron chi connectivity index (χ3n) is 2.83. The number of methoxy groups -OCH3 is 1. The topological polar surface area (TPSA) is 21.3 Å². The number of benzene rings is 1. The predicted octanol–water partition coefficient (Wildman–Crippen LogP) is 3.42. The number of rotatable bonds is 7. The minimum atomic E-state index is 0.864. The van der Waals surface area contributed by atoms with Gasteiger partial charge < -0.3 is 10.1 Å². The first-order valence-corrected chi connectivity index (χ1v) is 6.94. The minimum absolute atomic E-state index is 0.864. The van der Waals surface area contributed by atoms with Crippen molar-refractivity contribution in [2.45, 2.75) is 19.4 Å². The highest BCUT2D eigenvalue weighted by Crippen LogP contribution is 2.25. The maximum atomic E-state index is 5.03. The summed E-state index contributed by atoms with van der Waals surface area (Å²) >= 11 is 1.83. The van der Waals surface area contributed by atoms with Crippen molar-refractivity contribution in [3.8, 4) is 0 Å². The molecule has 2 aromatic rings. The second kappa shape index (κ2) is 6.74. The molecule has 0 fully saturated rings. The molecule has 1 aromatic heterocycles. The van der Waals surface area contributed by atoms with E-state index in [1.54, 1.807) is 7.11 Å². The van der Waals surface area contributed by atoms with Crippen LogP contribution < -0.4 is 5.32 Å². The molecule has 0 aliphatic rings. The van der Waals surface area contributed by atoms with Crippen LogP contribution in [0.1, 0.15) is 18.4 Å². The highest BCUT2D eigenvalue weighted by molar-refractivity contribution is 7.17. The van der Waals surface area contributed by atoms with Crippen molar-refractivity contribution in [1.29, 1.82) is 0 Å². The lowest BCUT2D eigenvalue weighted by Crippen LogP contribution is -2.14. The second-order valence-electron chi connectivity index (χ2n) is 4.13. The number of nitrogens with one attached hydrogen (secondary N) is 1. The Morgan fingerprint density at radius 3 is 3.00 bits per heavy atom. The fourth-order valence-electron chi connectivity index (χ4n) is 1.89. The number of hydrogen-bond acceptors (Lipinski definition) is 3. The monoisotopic (exact) mass is 249 g/mol. The Morgan fingerprint density at radius 1 is 1.24 bits per heavy atom. The Kier molecular flexibility index (Phi) is 4.98. The van der Waals surface area contributed by atoms with Crippen LogP contribution in [-0.2, 0) is 11.3 Å². The van der Waals surface area contributed by atoms with E-state index in [0.717, 1.165) is 26.1 Å². The Balaban J connectivity index is 1.79. The molecule has 0 saturated carbocycles. The molecule has 0 aliphatic carbocycles. The van der Waals surface area contributed by atoms with Gasteiger partial charge in [0.05, 0.1) is 0 Å². The molecule has 2 rings (SSSR count). The molecule has 0 aliphatic heterocycles. The molecule has 3 heteroatoms.